The number of hydrogen-bond donors (Lipinski definition) is 2. The van der Waals surface area contributed by atoms with E-state index in [-0.39, 0.29) is 23.8 Å². The summed E-state index contributed by atoms with van der Waals surface area (Å²) in [5.74, 6) is -0.154. The van der Waals surface area contributed by atoms with Gasteiger partial charge in [0, 0.05) is 18.4 Å². The zero-order valence-corrected chi connectivity index (χ0v) is 11.1. The Bertz CT molecular complexity index is 420. The number of nitrogens with one attached hydrogen (secondary N) is 2. The summed E-state index contributed by atoms with van der Waals surface area (Å²) in [6.45, 7) is 2.25. The van der Waals surface area contributed by atoms with Crippen molar-refractivity contribution in [2.75, 3.05) is 6.61 Å². The molecule has 0 spiro atoms. The van der Waals surface area contributed by atoms with Gasteiger partial charge in [-0.1, -0.05) is 0 Å². The molecule has 0 saturated heterocycles. The van der Waals surface area contributed by atoms with E-state index in [1.54, 1.807) is 18.5 Å². The average molecular weight is 264 g/mol. The van der Waals surface area contributed by atoms with Gasteiger partial charge < -0.3 is 15.0 Å². The zero-order valence-electron chi connectivity index (χ0n) is 11.1. The average Bonchev–Trinajstić information content (AvgIpc) is 2.94. The summed E-state index contributed by atoms with van der Waals surface area (Å²) in [6, 6.07) is 1.91. The number of esters is 1. The minimum absolute atomic E-state index is 0.000334. The van der Waals surface area contributed by atoms with Crippen molar-refractivity contribution in [1.82, 2.24) is 10.3 Å². The number of carbonyl (C=O) groups is 2. The first-order chi connectivity index (χ1) is 9.20. The second kappa shape index (κ2) is 6.41. The standard InChI is InChI=1S/C14H20N2O3/c1-2-19-14(18)10-3-5-12(6-4-10)16-13(17)11-7-8-15-9-11/h7-10,12,15H,2-6H2,1H3,(H,16,17). The van der Waals surface area contributed by atoms with Crippen molar-refractivity contribution in [2.24, 2.45) is 5.92 Å². The Morgan fingerprint density at radius 3 is 2.68 bits per heavy atom. The molecule has 5 heteroatoms. The van der Waals surface area contributed by atoms with Gasteiger partial charge in [0.15, 0.2) is 0 Å². The van der Waals surface area contributed by atoms with Gasteiger partial charge in [-0.05, 0) is 38.7 Å². The van der Waals surface area contributed by atoms with Gasteiger partial charge >= 0.3 is 5.97 Å². The molecule has 1 aliphatic rings. The predicted molar refractivity (Wildman–Crippen MR) is 70.6 cm³/mol. The molecule has 104 valence electrons. The summed E-state index contributed by atoms with van der Waals surface area (Å²) in [7, 11) is 0. The number of aromatic nitrogens is 1. The van der Waals surface area contributed by atoms with Crippen molar-refractivity contribution in [3.8, 4) is 0 Å². The summed E-state index contributed by atoms with van der Waals surface area (Å²) < 4.78 is 5.03. The van der Waals surface area contributed by atoms with Gasteiger partial charge in [0.05, 0.1) is 18.1 Å². The van der Waals surface area contributed by atoms with Crippen LogP contribution < -0.4 is 5.32 Å². The van der Waals surface area contributed by atoms with Crippen molar-refractivity contribution >= 4 is 11.9 Å². The fourth-order valence-electron chi connectivity index (χ4n) is 2.47. The second-order valence-corrected chi connectivity index (χ2v) is 4.87. The SMILES string of the molecule is CCOC(=O)C1CCC(NC(=O)c2cc[nH]c2)CC1. The van der Waals surface area contributed by atoms with Crippen LogP contribution in [0.3, 0.4) is 0 Å². The number of aromatic amines is 1. The lowest BCUT2D eigenvalue weighted by Gasteiger charge is -2.27. The Balaban J connectivity index is 1.77. The van der Waals surface area contributed by atoms with Crippen LogP contribution in [0.4, 0.5) is 0 Å². The number of ether oxygens (including phenoxy) is 1. The van der Waals surface area contributed by atoms with Crippen LogP contribution in [0.25, 0.3) is 0 Å². The Morgan fingerprint density at radius 2 is 2.11 bits per heavy atom. The largest absolute Gasteiger partial charge is 0.466 e. The van der Waals surface area contributed by atoms with Crippen LogP contribution >= 0.6 is 0 Å². The summed E-state index contributed by atoms with van der Waals surface area (Å²) >= 11 is 0. The van der Waals surface area contributed by atoms with Gasteiger partial charge in [0.2, 0.25) is 0 Å². The zero-order chi connectivity index (χ0) is 13.7. The molecule has 0 bridgehead atoms. The lowest BCUT2D eigenvalue weighted by molar-refractivity contribution is -0.149. The van der Waals surface area contributed by atoms with E-state index in [4.69, 9.17) is 4.74 Å². The molecule has 0 radical (unpaired) electrons. The molecule has 0 unspecified atom stereocenters. The van der Waals surface area contributed by atoms with Crippen molar-refractivity contribution in [1.29, 1.82) is 0 Å². The fraction of sp³-hybridized carbons (Fsp3) is 0.571. The van der Waals surface area contributed by atoms with Crippen LogP contribution in [-0.2, 0) is 9.53 Å². The Hall–Kier alpha value is -1.78. The number of carbonyl (C=O) groups excluding carboxylic acids is 2. The minimum atomic E-state index is -0.0992. The number of H-pyrrole nitrogens is 1. The molecule has 0 aromatic carbocycles. The third-order valence-corrected chi connectivity index (χ3v) is 3.54. The lowest BCUT2D eigenvalue weighted by atomic mass is 9.86. The van der Waals surface area contributed by atoms with Crippen molar-refractivity contribution in [2.45, 2.75) is 38.6 Å². The maximum Gasteiger partial charge on any atom is 0.308 e. The third kappa shape index (κ3) is 3.59. The van der Waals surface area contributed by atoms with E-state index in [1.165, 1.54) is 0 Å². The van der Waals surface area contributed by atoms with Gasteiger partial charge in [-0.15, -0.1) is 0 Å². The van der Waals surface area contributed by atoms with E-state index >= 15 is 0 Å². The molecule has 0 atom stereocenters. The summed E-state index contributed by atoms with van der Waals surface area (Å²) in [5.41, 5.74) is 0.646. The summed E-state index contributed by atoms with van der Waals surface area (Å²) in [5, 5.41) is 3.00. The maximum absolute atomic E-state index is 11.9. The smallest absolute Gasteiger partial charge is 0.308 e. The van der Waals surface area contributed by atoms with Crippen molar-refractivity contribution < 1.29 is 14.3 Å². The molecule has 1 aliphatic carbocycles. The third-order valence-electron chi connectivity index (χ3n) is 3.54. The quantitative estimate of drug-likeness (QED) is 0.815. The van der Waals surface area contributed by atoms with Crippen molar-refractivity contribution in [3.63, 3.8) is 0 Å². The van der Waals surface area contributed by atoms with Gasteiger partial charge in [0.1, 0.15) is 0 Å². The van der Waals surface area contributed by atoms with Gasteiger partial charge in [-0.25, -0.2) is 0 Å². The van der Waals surface area contributed by atoms with E-state index in [1.807, 2.05) is 6.92 Å². The number of amides is 1. The topological polar surface area (TPSA) is 71.2 Å². The van der Waals surface area contributed by atoms with Crippen LogP contribution in [0.1, 0.15) is 43.0 Å². The molecule has 2 N–H and O–H groups in total. The maximum atomic E-state index is 11.9. The van der Waals surface area contributed by atoms with E-state index in [9.17, 15) is 9.59 Å². The fourth-order valence-corrected chi connectivity index (χ4v) is 2.47. The van der Waals surface area contributed by atoms with Gasteiger partial charge in [0.25, 0.3) is 5.91 Å². The van der Waals surface area contributed by atoms with Crippen LogP contribution in [0.2, 0.25) is 0 Å². The molecule has 0 aliphatic heterocycles. The highest BCUT2D eigenvalue weighted by molar-refractivity contribution is 5.94. The molecular weight excluding hydrogens is 244 g/mol. The van der Waals surface area contributed by atoms with Gasteiger partial charge in [-0.3, -0.25) is 9.59 Å². The summed E-state index contributed by atoms with van der Waals surface area (Å²) in [6.07, 6.45) is 6.65. The highest BCUT2D eigenvalue weighted by atomic mass is 16.5. The normalized spacial score (nSPS) is 22.8. The van der Waals surface area contributed by atoms with E-state index in [0.29, 0.717) is 12.2 Å². The molecule has 1 heterocycles. The molecule has 1 fully saturated rings. The Kier molecular flexibility index (Phi) is 4.60. The first-order valence-electron chi connectivity index (χ1n) is 6.81. The highest BCUT2D eigenvalue weighted by Crippen LogP contribution is 2.25. The Labute approximate surface area is 112 Å². The first-order valence-corrected chi connectivity index (χ1v) is 6.81. The van der Waals surface area contributed by atoms with Crippen LogP contribution in [0.5, 0.6) is 0 Å². The monoisotopic (exact) mass is 264 g/mol. The van der Waals surface area contributed by atoms with Crippen LogP contribution in [0, 0.1) is 5.92 Å². The first kappa shape index (κ1) is 13.6. The second-order valence-electron chi connectivity index (χ2n) is 4.87. The van der Waals surface area contributed by atoms with Crippen LogP contribution in [0.15, 0.2) is 18.5 Å². The molecule has 2 rings (SSSR count). The molecule has 5 nitrogen and oxygen atoms in total. The van der Waals surface area contributed by atoms with Gasteiger partial charge in [-0.2, -0.15) is 0 Å². The van der Waals surface area contributed by atoms with Crippen molar-refractivity contribution in [3.05, 3.63) is 24.0 Å². The Morgan fingerprint density at radius 1 is 1.37 bits per heavy atom. The molecule has 1 saturated carbocycles. The molecule has 19 heavy (non-hydrogen) atoms. The van der Waals surface area contributed by atoms with E-state index < -0.39 is 0 Å². The van der Waals surface area contributed by atoms with E-state index in [2.05, 4.69) is 10.3 Å². The number of rotatable bonds is 4. The molecular formula is C14H20N2O3. The highest BCUT2D eigenvalue weighted by Gasteiger charge is 2.28. The summed E-state index contributed by atoms with van der Waals surface area (Å²) in [4.78, 5) is 26.3. The molecule has 1 aromatic rings. The lowest BCUT2D eigenvalue weighted by Crippen LogP contribution is -2.38. The van der Waals surface area contributed by atoms with E-state index in [0.717, 1.165) is 25.7 Å². The van der Waals surface area contributed by atoms with Crippen LogP contribution in [-0.4, -0.2) is 29.5 Å². The number of hydrogen-bond acceptors (Lipinski definition) is 3. The predicted octanol–water partition coefficient (Wildman–Crippen LogP) is 1.87. The molecule has 1 amide bonds. The minimum Gasteiger partial charge on any atom is -0.466 e. The molecule has 1 aromatic heterocycles.